The maximum atomic E-state index is 5.11. The monoisotopic (exact) mass is 191 g/mol. The number of rotatable bonds is 2. The summed E-state index contributed by atoms with van der Waals surface area (Å²) >= 11 is 0. The predicted octanol–water partition coefficient (Wildman–Crippen LogP) is 1.33. The van der Waals surface area contributed by atoms with Gasteiger partial charge >= 0.3 is 6.02 Å². The van der Waals surface area contributed by atoms with E-state index < -0.39 is 0 Å². The molecule has 0 unspecified atom stereocenters. The van der Waals surface area contributed by atoms with Gasteiger partial charge in [-0.3, -0.25) is 5.43 Å². The maximum absolute atomic E-state index is 5.11. The summed E-state index contributed by atoms with van der Waals surface area (Å²) < 4.78 is 5.11. The Kier molecular flexibility index (Phi) is 2.53. The highest BCUT2D eigenvalue weighted by molar-refractivity contribution is 5.76. The van der Waals surface area contributed by atoms with E-state index in [1.165, 1.54) is 0 Å². The zero-order chi connectivity index (χ0) is 9.80. The minimum Gasteiger partial charge on any atom is -0.467 e. The molecule has 1 heterocycles. The number of ether oxygens (including phenoxy) is 1. The molecule has 14 heavy (non-hydrogen) atoms. The van der Waals surface area contributed by atoms with Crippen molar-refractivity contribution < 1.29 is 4.74 Å². The Morgan fingerprint density at radius 2 is 2.14 bits per heavy atom. The fourth-order valence-electron chi connectivity index (χ4n) is 1.37. The van der Waals surface area contributed by atoms with Crippen LogP contribution in [0, 0.1) is 0 Å². The molecule has 0 amide bonds. The quantitative estimate of drug-likeness (QED) is 0.766. The Hall–Kier alpha value is -1.71. The predicted molar refractivity (Wildman–Crippen MR) is 56.1 cm³/mol. The van der Waals surface area contributed by atoms with Crippen LogP contribution >= 0.6 is 0 Å². The average molecular weight is 191 g/mol. The van der Waals surface area contributed by atoms with Crippen LogP contribution < -0.4 is 5.43 Å². The molecule has 4 heteroatoms. The van der Waals surface area contributed by atoms with Crippen molar-refractivity contribution in [3.05, 3.63) is 30.3 Å². The third-order valence-electron chi connectivity index (χ3n) is 2.02. The second-order valence-electron chi connectivity index (χ2n) is 3.00. The van der Waals surface area contributed by atoms with Crippen LogP contribution in [0.3, 0.4) is 0 Å². The molecule has 0 spiro atoms. The first-order valence-corrected chi connectivity index (χ1v) is 4.58. The van der Waals surface area contributed by atoms with E-state index in [2.05, 4.69) is 10.4 Å². The minimum atomic E-state index is 0.647. The van der Waals surface area contributed by atoms with Gasteiger partial charge in [-0.1, -0.05) is 18.2 Å². The summed E-state index contributed by atoms with van der Waals surface area (Å²) in [7, 11) is 1.63. The number of nitrogens with zero attached hydrogens (tertiary/aromatic N) is 2. The SMILES string of the molecule is COC1=NCCN1Nc1ccccc1. The molecule has 0 aromatic heterocycles. The Morgan fingerprint density at radius 1 is 1.36 bits per heavy atom. The molecule has 2 rings (SSSR count). The highest BCUT2D eigenvalue weighted by Crippen LogP contribution is 2.09. The molecule has 1 aliphatic rings. The van der Waals surface area contributed by atoms with E-state index >= 15 is 0 Å². The van der Waals surface area contributed by atoms with Crippen molar-refractivity contribution in [3.8, 4) is 0 Å². The average Bonchev–Trinajstić information content (AvgIpc) is 2.67. The number of benzene rings is 1. The number of hydrogen-bond donors (Lipinski definition) is 1. The van der Waals surface area contributed by atoms with Gasteiger partial charge in [-0.2, -0.15) is 0 Å². The van der Waals surface area contributed by atoms with Gasteiger partial charge in [-0.25, -0.2) is 10.0 Å². The number of hydrazine groups is 1. The van der Waals surface area contributed by atoms with E-state index in [0.717, 1.165) is 18.8 Å². The highest BCUT2D eigenvalue weighted by atomic mass is 16.5. The molecule has 0 radical (unpaired) electrons. The number of para-hydroxylation sites is 1. The summed E-state index contributed by atoms with van der Waals surface area (Å²) in [4.78, 5) is 4.19. The summed E-state index contributed by atoms with van der Waals surface area (Å²) in [5.41, 5.74) is 4.26. The van der Waals surface area contributed by atoms with E-state index in [1.54, 1.807) is 7.11 Å². The van der Waals surface area contributed by atoms with Crippen molar-refractivity contribution in [2.24, 2.45) is 4.99 Å². The second kappa shape index (κ2) is 4.00. The van der Waals surface area contributed by atoms with Crippen molar-refractivity contribution in [3.63, 3.8) is 0 Å². The second-order valence-corrected chi connectivity index (χ2v) is 3.00. The molecular formula is C10H13N3O. The van der Waals surface area contributed by atoms with Crippen LogP contribution in [0.15, 0.2) is 35.3 Å². The number of amidine groups is 1. The van der Waals surface area contributed by atoms with Crippen molar-refractivity contribution in [2.75, 3.05) is 25.6 Å². The van der Waals surface area contributed by atoms with Crippen LogP contribution in [0.1, 0.15) is 0 Å². The zero-order valence-electron chi connectivity index (χ0n) is 8.10. The largest absolute Gasteiger partial charge is 0.467 e. The molecule has 1 aromatic carbocycles. The first-order valence-electron chi connectivity index (χ1n) is 4.58. The fraction of sp³-hybridized carbons (Fsp3) is 0.300. The number of aliphatic imine (C=N–C) groups is 1. The zero-order valence-corrected chi connectivity index (χ0v) is 8.10. The van der Waals surface area contributed by atoms with Crippen LogP contribution in [0.5, 0.6) is 0 Å². The normalized spacial score (nSPS) is 15.2. The molecule has 0 saturated carbocycles. The first-order chi connectivity index (χ1) is 6.90. The number of hydrogen-bond acceptors (Lipinski definition) is 4. The lowest BCUT2D eigenvalue weighted by atomic mass is 10.3. The molecular weight excluding hydrogens is 178 g/mol. The van der Waals surface area contributed by atoms with Gasteiger partial charge in [0.15, 0.2) is 0 Å². The Bertz CT molecular complexity index is 323. The summed E-state index contributed by atoms with van der Waals surface area (Å²) in [6.07, 6.45) is 0. The van der Waals surface area contributed by atoms with E-state index in [1.807, 2.05) is 35.3 Å². The summed E-state index contributed by atoms with van der Waals surface area (Å²) in [5, 5.41) is 1.90. The summed E-state index contributed by atoms with van der Waals surface area (Å²) in [6, 6.07) is 10.6. The van der Waals surface area contributed by atoms with Gasteiger partial charge < -0.3 is 4.74 Å². The van der Waals surface area contributed by atoms with E-state index in [4.69, 9.17) is 4.74 Å². The van der Waals surface area contributed by atoms with Gasteiger partial charge in [0.2, 0.25) is 0 Å². The van der Waals surface area contributed by atoms with Gasteiger partial charge in [-0.05, 0) is 12.1 Å². The lowest BCUT2D eigenvalue weighted by Crippen LogP contribution is -2.34. The third-order valence-corrected chi connectivity index (χ3v) is 2.02. The van der Waals surface area contributed by atoms with Gasteiger partial charge in [0, 0.05) is 0 Å². The van der Waals surface area contributed by atoms with Crippen molar-refractivity contribution >= 4 is 11.7 Å². The van der Waals surface area contributed by atoms with Crippen molar-refractivity contribution in [1.29, 1.82) is 0 Å². The summed E-state index contributed by atoms with van der Waals surface area (Å²) in [5.74, 6) is 0. The molecule has 1 aliphatic heterocycles. The van der Waals surface area contributed by atoms with Crippen molar-refractivity contribution in [2.45, 2.75) is 0 Å². The van der Waals surface area contributed by atoms with E-state index in [-0.39, 0.29) is 0 Å². The lowest BCUT2D eigenvalue weighted by molar-refractivity contribution is 0.329. The Morgan fingerprint density at radius 3 is 2.86 bits per heavy atom. The molecule has 1 N–H and O–H groups in total. The number of methoxy groups -OCH3 is 1. The first kappa shape index (κ1) is 8.87. The minimum absolute atomic E-state index is 0.647. The molecule has 1 aromatic rings. The van der Waals surface area contributed by atoms with E-state index in [9.17, 15) is 0 Å². The van der Waals surface area contributed by atoms with Crippen LogP contribution in [0.25, 0.3) is 0 Å². The Balaban J connectivity index is 2.02. The molecule has 4 nitrogen and oxygen atoms in total. The van der Waals surface area contributed by atoms with Gasteiger partial charge in [0.1, 0.15) is 0 Å². The molecule has 0 fully saturated rings. The highest BCUT2D eigenvalue weighted by Gasteiger charge is 2.16. The number of anilines is 1. The van der Waals surface area contributed by atoms with Crippen LogP contribution in [-0.4, -0.2) is 31.2 Å². The van der Waals surface area contributed by atoms with Gasteiger partial charge in [-0.15, -0.1) is 0 Å². The molecule has 0 bridgehead atoms. The lowest BCUT2D eigenvalue weighted by Gasteiger charge is -2.20. The van der Waals surface area contributed by atoms with Gasteiger partial charge in [0.05, 0.1) is 25.9 Å². The summed E-state index contributed by atoms with van der Waals surface area (Å²) in [6.45, 7) is 1.63. The smallest absolute Gasteiger partial charge is 0.306 e. The maximum Gasteiger partial charge on any atom is 0.306 e. The van der Waals surface area contributed by atoms with Crippen LogP contribution in [0.2, 0.25) is 0 Å². The standard InChI is InChI=1S/C10H13N3O/c1-14-10-11-7-8-13(10)12-9-5-3-2-4-6-9/h2-6,12H,7-8H2,1H3. The van der Waals surface area contributed by atoms with Gasteiger partial charge in [0.25, 0.3) is 0 Å². The van der Waals surface area contributed by atoms with E-state index in [0.29, 0.717) is 6.02 Å². The topological polar surface area (TPSA) is 36.9 Å². The number of nitrogens with one attached hydrogen (secondary N) is 1. The molecule has 0 aliphatic carbocycles. The Labute approximate surface area is 83.2 Å². The third kappa shape index (κ3) is 1.79. The van der Waals surface area contributed by atoms with Crippen LogP contribution in [0.4, 0.5) is 5.69 Å². The fourth-order valence-corrected chi connectivity index (χ4v) is 1.37. The van der Waals surface area contributed by atoms with Crippen LogP contribution in [-0.2, 0) is 4.74 Å². The molecule has 74 valence electrons. The molecule has 0 saturated heterocycles. The van der Waals surface area contributed by atoms with Crippen molar-refractivity contribution in [1.82, 2.24) is 5.01 Å². The molecule has 0 atom stereocenters.